The van der Waals surface area contributed by atoms with Crippen LogP contribution in [-0.2, 0) is 6.42 Å². The normalized spacial score (nSPS) is 10.3. The Hall–Kier alpha value is -1.32. The predicted octanol–water partition coefficient (Wildman–Crippen LogP) is 4.57. The first-order valence-corrected chi connectivity index (χ1v) is 7.02. The number of carbonyl (C=O) groups is 1. The van der Waals surface area contributed by atoms with E-state index < -0.39 is 0 Å². The average molecular weight is 339 g/mol. The summed E-state index contributed by atoms with van der Waals surface area (Å²) in [4.78, 5) is 12.3. The molecule has 0 bridgehead atoms. The monoisotopic (exact) mass is 337 g/mol. The van der Waals surface area contributed by atoms with E-state index in [2.05, 4.69) is 21.2 Å². The van der Waals surface area contributed by atoms with Gasteiger partial charge in [0.05, 0.1) is 0 Å². The molecule has 0 aliphatic heterocycles. The Morgan fingerprint density at radius 3 is 2.53 bits per heavy atom. The third-order valence-corrected chi connectivity index (χ3v) is 3.57. The lowest BCUT2D eigenvalue weighted by Gasteiger charge is -2.09. The van der Waals surface area contributed by atoms with Gasteiger partial charge in [-0.1, -0.05) is 39.7 Å². The molecule has 0 spiro atoms. The highest BCUT2D eigenvalue weighted by atomic mass is 79.9. The summed E-state index contributed by atoms with van der Waals surface area (Å²) in [5.41, 5.74) is 2.48. The second kappa shape index (κ2) is 6.22. The summed E-state index contributed by atoms with van der Waals surface area (Å²) in [6.07, 6.45) is 0.363. The highest BCUT2D eigenvalue weighted by molar-refractivity contribution is 9.10. The first-order valence-electron chi connectivity index (χ1n) is 5.85. The van der Waals surface area contributed by atoms with Crippen molar-refractivity contribution in [3.8, 4) is 0 Å². The number of rotatable bonds is 4. The quantitative estimate of drug-likeness (QED) is 0.827. The van der Waals surface area contributed by atoms with Gasteiger partial charge >= 0.3 is 0 Å². The van der Waals surface area contributed by atoms with E-state index in [1.807, 2.05) is 37.4 Å². The fourth-order valence-corrected chi connectivity index (χ4v) is 2.34. The van der Waals surface area contributed by atoms with Crippen LogP contribution in [0.15, 0.2) is 46.9 Å². The Labute approximate surface area is 125 Å². The van der Waals surface area contributed by atoms with Gasteiger partial charge in [-0.2, -0.15) is 0 Å². The average Bonchev–Trinajstić information content (AvgIpc) is 2.41. The fourth-order valence-electron chi connectivity index (χ4n) is 1.85. The molecule has 1 N–H and O–H groups in total. The first kappa shape index (κ1) is 14.1. The number of anilines is 1. The summed E-state index contributed by atoms with van der Waals surface area (Å²) in [5.74, 6) is 0.0768. The van der Waals surface area contributed by atoms with Crippen molar-refractivity contribution in [1.29, 1.82) is 0 Å². The molecule has 0 saturated heterocycles. The Morgan fingerprint density at radius 1 is 1.21 bits per heavy atom. The maximum atomic E-state index is 12.3. The number of nitrogens with one attached hydrogen (secondary N) is 1. The van der Waals surface area contributed by atoms with Crippen LogP contribution in [0.25, 0.3) is 0 Å². The molecule has 2 rings (SSSR count). The highest BCUT2D eigenvalue weighted by Gasteiger charge is 2.12. The van der Waals surface area contributed by atoms with Gasteiger partial charge in [0.1, 0.15) is 0 Å². The third-order valence-electron chi connectivity index (χ3n) is 2.83. The number of benzene rings is 2. The lowest BCUT2D eigenvalue weighted by Crippen LogP contribution is -2.07. The maximum Gasteiger partial charge on any atom is 0.169 e. The van der Waals surface area contributed by atoms with E-state index in [4.69, 9.17) is 11.6 Å². The Balaban J connectivity index is 2.24. The van der Waals surface area contributed by atoms with Gasteiger partial charge in [0, 0.05) is 34.2 Å². The molecule has 0 atom stereocenters. The van der Waals surface area contributed by atoms with Crippen LogP contribution in [-0.4, -0.2) is 12.8 Å². The number of hydrogen-bond donors (Lipinski definition) is 1. The van der Waals surface area contributed by atoms with Gasteiger partial charge < -0.3 is 5.32 Å². The molecule has 0 radical (unpaired) electrons. The van der Waals surface area contributed by atoms with E-state index in [9.17, 15) is 4.79 Å². The zero-order valence-corrected chi connectivity index (χ0v) is 12.8. The van der Waals surface area contributed by atoms with Crippen LogP contribution < -0.4 is 5.32 Å². The number of hydrogen-bond acceptors (Lipinski definition) is 2. The summed E-state index contributed by atoms with van der Waals surface area (Å²) in [6.45, 7) is 0. The topological polar surface area (TPSA) is 29.1 Å². The summed E-state index contributed by atoms with van der Waals surface area (Å²) in [5, 5.41) is 3.71. The van der Waals surface area contributed by atoms with Gasteiger partial charge in [0.25, 0.3) is 0 Å². The number of Topliss-reactive ketones (excluding diaryl/α,β-unsaturated/α-hetero) is 1. The van der Waals surface area contributed by atoms with Crippen LogP contribution >= 0.6 is 27.5 Å². The van der Waals surface area contributed by atoms with Gasteiger partial charge in [0.15, 0.2) is 5.78 Å². The lowest BCUT2D eigenvalue weighted by atomic mass is 10.0. The van der Waals surface area contributed by atoms with Gasteiger partial charge in [-0.05, 0) is 35.9 Å². The molecule has 0 aliphatic carbocycles. The van der Waals surface area contributed by atoms with Crippen LogP contribution in [0.5, 0.6) is 0 Å². The van der Waals surface area contributed by atoms with E-state index >= 15 is 0 Å². The number of carbonyl (C=O) groups excluding carboxylic acids is 1. The summed E-state index contributed by atoms with van der Waals surface area (Å²) in [6, 6.07) is 13.0. The first-order chi connectivity index (χ1) is 9.10. The van der Waals surface area contributed by atoms with Crippen molar-refractivity contribution in [1.82, 2.24) is 0 Å². The van der Waals surface area contributed by atoms with Crippen molar-refractivity contribution in [3.05, 3.63) is 63.1 Å². The van der Waals surface area contributed by atoms with Crippen molar-refractivity contribution in [2.24, 2.45) is 0 Å². The van der Waals surface area contributed by atoms with Crippen molar-refractivity contribution < 1.29 is 4.79 Å². The molecule has 2 nitrogen and oxygen atoms in total. The molecular weight excluding hydrogens is 326 g/mol. The molecular formula is C15H13BrClNO. The second-order valence-corrected chi connectivity index (χ2v) is 5.52. The second-order valence-electron chi connectivity index (χ2n) is 4.17. The fraction of sp³-hybridized carbons (Fsp3) is 0.133. The molecule has 2 aromatic carbocycles. The summed E-state index contributed by atoms with van der Waals surface area (Å²) >= 11 is 9.22. The van der Waals surface area contributed by atoms with Crippen LogP contribution in [0.2, 0.25) is 5.02 Å². The molecule has 0 aromatic heterocycles. The zero-order chi connectivity index (χ0) is 13.8. The van der Waals surface area contributed by atoms with E-state index in [1.54, 1.807) is 12.1 Å². The molecule has 98 valence electrons. The minimum absolute atomic E-state index is 0.0768. The minimum Gasteiger partial charge on any atom is -0.388 e. The van der Waals surface area contributed by atoms with Crippen LogP contribution in [0, 0.1) is 0 Å². The Bertz CT molecular complexity index is 596. The number of ketones is 1. The van der Waals surface area contributed by atoms with Crippen molar-refractivity contribution in [2.45, 2.75) is 6.42 Å². The Morgan fingerprint density at radius 2 is 1.89 bits per heavy atom. The van der Waals surface area contributed by atoms with Gasteiger partial charge in [0.2, 0.25) is 0 Å². The van der Waals surface area contributed by atoms with E-state index in [-0.39, 0.29) is 5.78 Å². The smallest absolute Gasteiger partial charge is 0.169 e. The molecule has 0 heterocycles. The van der Waals surface area contributed by atoms with E-state index in [1.165, 1.54) is 0 Å². The molecule has 0 fully saturated rings. The predicted molar refractivity (Wildman–Crippen MR) is 83.2 cm³/mol. The number of halogens is 2. The van der Waals surface area contributed by atoms with Crippen LogP contribution in [0.3, 0.4) is 0 Å². The van der Waals surface area contributed by atoms with Crippen LogP contribution in [0.4, 0.5) is 5.69 Å². The van der Waals surface area contributed by atoms with E-state index in [0.717, 1.165) is 15.7 Å². The summed E-state index contributed by atoms with van der Waals surface area (Å²) in [7, 11) is 1.81. The van der Waals surface area contributed by atoms with Gasteiger partial charge in [-0.25, -0.2) is 0 Å². The van der Waals surface area contributed by atoms with E-state index in [0.29, 0.717) is 17.0 Å². The van der Waals surface area contributed by atoms with Gasteiger partial charge in [-0.15, -0.1) is 0 Å². The highest BCUT2D eigenvalue weighted by Crippen LogP contribution is 2.22. The molecule has 4 heteroatoms. The molecule has 0 amide bonds. The molecule has 2 aromatic rings. The Kier molecular flexibility index (Phi) is 4.61. The standard InChI is InChI=1S/C15H13BrClNO/c1-18-14-7-4-11(16)9-13(14)15(19)8-10-2-5-12(17)6-3-10/h2-7,9,18H,8H2,1H3. The zero-order valence-electron chi connectivity index (χ0n) is 10.4. The molecule has 19 heavy (non-hydrogen) atoms. The lowest BCUT2D eigenvalue weighted by molar-refractivity contribution is 0.0993. The third kappa shape index (κ3) is 3.58. The molecule has 0 aliphatic rings. The van der Waals surface area contributed by atoms with Gasteiger partial charge in [-0.3, -0.25) is 4.79 Å². The van der Waals surface area contributed by atoms with Crippen molar-refractivity contribution in [3.63, 3.8) is 0 Å². The van der Waals surface area contributed by atoms with Crippen LogP contribution in [0.1, 0.15) is 15.9 Å². The van der Waals surface area contributed by atoms with Crippen molar-refractivity contribution >= 4 is 39.0 Å². The molecule has 0 saturated carbocycles. The summed E-state index contributed by atoms with van der Waals surface area (Å²) < 4.78 is 0.894. The minimum atomic E-state index is 0.0768. The largest absolute Gasteiger partial charge is 0.388 e. The van der Waals surface area contributed by atoms with Crippen molar-refractivity contribution in [2.75, 3.05) is 12.4 Å². The SMILES string of the molecule is CNc1ccc(Br)cc1C(=O)Cc1ccc(Cl)cc1. The molecule has 0 unspecified atom stereocenters. The maximum absolute atomic E-state index is 12.3.